The van der Waals surface area contributed by atoms with Gasteiger partial charge in [0, 0.05) is 0 Å². The first-order valence-corrected chi connectivity index (χ1v) is 13.3. The Morgan fingerprint density at radius 2 is 0.933 bits per heavy atom. The van der Waals surface area contributed by atoms with Crippen LogP contribution in [0.1, 0.15) is 136 Å². The van der Waals surface area contributed by atoms with E-state index in [-0.39, 0.29) is 109 Å². The van der Waals surface area contributed by atoms with E-state index in [0.29, 0.717) is 0 Å². The molecule has 30 heavy (non-hydrogen) atoms. The monoisotopic (exact) mass is 498 g/mol. The van der Waals surface area contributed by atoms with E-state index in [9.17, 15) is 14.4 Å². The summed E-state index contributed by atoms with van der Waals surface area (Å²) in [7, 11) is -5.05. The maximum absolute atomic E-state index is 10.5. The van der Waals surface area contributed by atoms with Gasteiger partial charge in [0.25, 0.3) is 0 Å². The topological polar surface area (TPSA) is 81.7 Å². The van der Waals surface area contributed by atoms with Crippen LogP contribution < -0.4 is 113 Å². The second-order valence-corrected chi connectivity index (χ2v) is 9.16. The van der Waals surface area contributed by atoms with Crippen LogP contribution in [0.15, 0.2) is 0 Å². The van der Waals surface area contributed by atoms with Crippen molar-refractivity contribution in [3.05, 3.63) is 0 Å². The summed E-state index contributed by atoms with van der Waals surface area (Å²) in [6.07, 6.45) is 22.9. The Morgan fingerprint density at radius 1 is 0.600 bits per heavy atom. The average molecular weight is 499 g/mol. The molecule has 0 aromatic rings. The van der Waals surface area contributed by atoms with Gasteiger partial charge >= 0.3 is 103 Å². The molecule has 8 heteroatoms. The first-order valence-electron chi connectivity index (χ1n) is 11.9. The predicted octanol–water partition coefficient (Wildman–Crippen LogP) is 0.592. The Labute approximate surface area is 272 Å². The summed E-state index contributed by atoms with van der Waals surface area (Å²) >= 11 is 0. The van der Waals surface area contributed by atoms with Crippen LogP contribution in [-0.4, -0.2) is 6.10 Å². The Kier molecular flexibility index (Phi) is 36.1. The van der Waals surface area contributed by atoms with E-state index in [1.165, 1.54) is 83.5 Å². The van der Waals surface area contributed by atoms with Crippen molar-refractivity contribution in [2.24, 2.45) is 0 Å². The first kappa shape index (κ1) is 37.9. The smallest absolute Gasteiger partial charge is 0.788 e. The minimum absolute atomic E-state index is 0. The van der Waals surface area contributed by atoms with E-state index in [1.807, 2.05) is 0 Å². The molecule has 0 N–H and O–H groups in total. The maximum Gasteiger partial charge on any atom is 1.00 e. The van der Waals surface area contributed by atoms with Crippen LogP contribution in [0.2, 0.25) is 0 Å². The maximum atomic E-state index is 10.5. The van der Waals surface area contributed by atoms with E-state index < -0.39 is 7.82 Å². The summed E-state index contributed by atoms with van der Waals surface area (Å²) in [5.41, 5.74) is 0. The van der Waals surface area contributed by atoms with E-state index >= 15 is 0 Å². The minimum atomic E-state index is -5.05. The predicted molar refractivity (Wildman–Crippen MR) is 113 cm³/mol. The molecule has 170 valence electrons. The van der Waals surface area contributed by atoms with Gasteiger partial charge in [0.05, 0.1) is 6.10 Å². The van der Waals surface area contributed by atoms with Gasteiger partial charge in [-0.1, -0.05) is 123 Å². The Hall–Kier alpha value is 3.34. The number of hydrogen-bond acceptors (Lipinski definition) is 5. The van der Waals surface area contributed by atoms with Crippen molar-refractivity contribution in [2.75, 3.05) is 0 Å². The molecule has 0 amide bonds. The van der Waals surface area contributed by atoms with Crippen molar-refractivity contribution in [2.45, 2.75) is 142 Å². The van der Waals surface area contributed by atoms with Crippen molar-refractivity contribution < 1.29 is 127 Å². The summed E-state index contributed by atoms with van der Waals surface area (Å²) in [6.45, 7) is 4.33. The van der Waals surface area contributed by atoms with Crippen molar-refractivity contribution in [3.63, 3.8) is 0 Å². The minimum Gasteiger partial charge on any atom is -0.788 e. The Morgan fingerprint density at radius 3 is 1.30 bits per heavy atom. The summed E-state index contributed by atoms with van der Waals surface area (Å²) in [5.74, 6) is 0. The molecule has 0 rings (SSSR count). The zero-order valence-electron chi connectivity index (χ0n) is 20.5. The largest absolute Gasteiger partial charge is 1.00 e. The Balaban J connectivity index is -0.00000364. The first-order chi connectivity index (χ1) is 13.5. The third kappa shape index (κ3) is 31.3. The molecule has 0 aromatic heterocycles. The van der Waals surface area contributed by atoms with Gasteiger partial charge in [-0.3, -0.25) is 0 Å². The van der Waals surface area contributed by atoms with Gasteiger partial charge in [0.15, 0.2) is 0 Å². The van der Waals surface area contributed by atoms with Gasteiger partial charge in [0.1, 0.15) is 7.82 Å². The number of rotatable bonds is 22. The van der Waals surface area contributed by atoms with Gasteiger partial charge in [0.2, 0.25) is 0 Å². The number of hydrogen-bond donors (Lipinski definition) is 0. The van der Waals surface area contributed by atoms with Gasteiger partial charge in [-0.2, -0.15) is 0 Å². The zero-order chi connectivity index (χ0) is 20.9. The second-order valence-electron chi connectivity index (χ2n) is 8.12. The fourth-order valence-corrected chi connectivity index (χ4v) is 3.76. The molecule has 0 aliphatic rings. The van der Waals surface area contributed by atoms with E-state index in [2.05, 4.69) is 18.5 Å². The van der Waals surface area contributed by atoms with Crippen molar-refractivity contribution >= 4 is 7.82 Å². The summed E-state index contributed by atoms with van der Waals surface area (Å²) < 4.78 is 14.6. The van der Waals surface area contributed by atoms with Crippen LogP contribution >= 0.6 is 7.82 Å². The van der Waals surface area contributed by atoms with Crippen LogP contribution in [0.3, 0.4) is 0 Å². The van der Waals surface area contributed by atoms with Crippen LogP contribution in [0.5, 0.6) is 0 Å². The van der Waals surface area contributed by atoms with Gasteiger partial charge in [-0.25, -0.2) is 9.56 Å². The summed E-state index contributed by atoms with van der Waals surface area (Å²) in [6, 6.07) is 0. The van der Waals surface area contributed by atoms with E-state index in [0.717, 1.165) is 38.5 Å². The fourth-order valence-electron chi connectivity index (χ4n) is 3.53. The van der Waals surface area contributed by atoms with Crippen LogP contribution in [0.25, 0.3) is 0 Å². The molecular weight excluding hydrogens is 453 g/mol. The summed E-state index contributed by atoms with van der Waals surface area (Å²) in [5, 5.41) is 0. The molecule has 0 saturated carbocycles. The molecule has 1 unspecified atom stereocenters. The number of phosphoric acid groups is 1. The molecular formula is C22H45K2O5P. The van der Waals surface area contributed by atoms with Gasteiger partial charge in [-0.05, 0) is 12.8 Å². The standard InChI is InChI=1S/C22H47O5P.2K/c1-3-5-7-8-9-10-11-12-13-14-15-16-17-18-19-21-22(20-6-4-2)26-27-28(23,24)25;;/h22H,3-21H2,1-2H3,(H2,23,24,25);;/q;2*+1/p-2. The molecule has 0 spiro atoms. The molecule has 5 nitrogen and oxygen atoms in total. The molecule has 0 radical (unpaired) electrons. The van der Waals surface area contributed by atoms with Crippen LogP contribution in [0.4, 0.5) is 0 Å². The molecule has 0 heterocycles. The number of unbranched alkanes of at least 4 members (excludes halogenated alkanes) is 15. The average Bonchev–Trinajstić information content (AvgIpc) is 2.65. The van der Waals surface area contributed by atoms with Gasteiger partial charge in [-0.15, -0.1) is 0 Å². The molecule has 0 fully saturated rings. The SMILES string of the molecule is CCCCCCCCCCCCCCCCCC(CCCC)OOP(=O)([O-])[O-].[K+].[K+]. The van der Waals surface area contributed by atoms with E-state index in [4.69, 9.17) is 4.89 Å². The van der Waals surface area contributed by atoms with Crippen molar-refractivity contribution in [1.82, 2.24) is 0 Å². The van der Waals surface area contributed by atoms with E-state index in [1.54, 1.807) is 0 Å². The molecule has 0 saturated heterocycles. The molecule has 1 atom stereocenters. The van der Waals surface area contributed by atoms with Crippen LogP contribution in [0, 0.1) is 0 Å². The van der Waals surface area contributed by atoms with Crippen molar-refractivity contribution in [3.8, 4) is 0 Å². The normalized spacial score (nSPS) is 12.3. The van der Waals surface area contributed by atoms with Gasteiger partial charge < -0.3 is 14.4 Å². The quantitative estimate of drug-likeness (QED) is 0.0718. The Bertz CT molecular complexity index is 369. The second kappa shape index (κ2) is 28.6. The van der Waals surface area contributed by atoms with Crippen molar-refractivity contribution in [1.29, 1.82) is 0 Å². The molecule has 0 aromatic carbocycles. The molecule has 0 bridgehead atoms. The molecule has 0 aliphatic heterocycles. The zero-order valence-corrected chi connectivity index (χ0v) is 27.6. The third-order valence-electron chi connectivity index (χ3n) is 5.28. The third-order valence-corrected chi connectivity index (χ3v) is 5.55. The summed E-state index contributed by atoms with van der Waals surface area (Å²) in [4.78, 5) is 25.9. The van der Waals surface area contributed by atoms with Crippen LogP contribution in [-0.2, 0) is 14.1 Å². The fraction of sp³-hybridized carbons (Fsp3) is 1.00. The molecule has 0 aliphatic carbocycles.